The Morgan fingerprint density at radius 3 is 1.40 bits per heavy atom. The second-order valence-corrected chi connectivity index (χ2v) is 5.99. The molecule has 0 radical (unpaired) electrons. The first-order valence-corrected chi connectivity index (χ1v) is 8.12. The van der Waals surface area contributed by atoms with Crippen molar-refractivity contribution in [2.75, 3.05) is 19.0 Å². The molecular formula is C24H19N. The number of hydrogen-bond acceptors (Lipinski definition) is 1. The highest BCUT2D eigenvalue weighted by Gasteiger charge is 1.98. The van der Waals surface area contributed by atoms with Crippen LogP contribution in [0.3, 0.4) is 0 Å². The average Bonchev–Trinajstić information content (AvgIpc) is 2.67. The van der Waals surface area contributed by atoms with Gasteiger partial charge in [0.15, 0.2) is 0 Å². The molecule has 0 N–H and O–H groups in total. The van der Waals surface area contributed by atoms with Crippen molar-refractivity contribution in [3.63, 3.8) is 0 Å². The zero-order chi connectivity index (χ0) is 17.6. The van der Waals surface area contributed by atoms with E-state index in [1.165, 1.54) is 5.69 Å². The largest absolute Gasteiger partial charge is 0.378 e. The van der Waals surface area contributed by atoms with Crippen molar-refractivity contribution in [3.05, 3.63) is 89.5 Å². The summed E-state index contributed by atoms with van der Waals surface area (Å²) in [5.74, 6) is 9.06. The topological polar surface area (TPSA) is 3.24 Å². The molecule has 0 spiro atoms. The van der Waals surface area contributed by atoms with E-state index in [9.17, 15) is 0 Å². The Balaban J connectivity index is 1.75. The molecule has 0 aliphatic carbocycles. The molecule has 3 rings (SSSR count). The predicted octanol–water partition coefficient (Wildman–Crippen LogP) is 4.80. The van der Waals surface area contributed by atoms with Crippen LogP contribution in [0.1, 0.15) is 16.7 Å². The summed E-state index contributed by atoms with van der Waals surface area (Å²) in [7, 11) is 4.06. The molecule has 0 unspecified atom stereocenters. The summed E-state index contributed by atoms with van der Waals surface area (Å²) in [6, 6.07) is 24.5. The van der Waals surface area contributed by atoms with Crippen LogP contribution in [-0.2, 0) is 0 Å². The molecule has 0 aliphatic rings. The molecule has 0 heterocycles. The van der Waals surface area contributed by atoms with Gasteiger partial charge in [0.05, 0.1) is 0 Å². The molecule has 3 aromatic rings. The highest BCUT2D eigenvalue weighted by Crippen LogP contribution is 2.20. The third kappa shape index (κ3) is 4.11. The van der Waals surface area contributed by atoms with E-state index in [0.29, 0.717) is 0 Å². The maximum atomic E-state index is 5.40. The first kappa shape index (κ1) is 16.4. The lowest BCUT2D eigenvalue weighted by Crippen LogP contribution is -2.07. The lowest BCUT2D eigenvalue weighted by molar-refractivity contribution is 1.13. The highest BCUT2D eigenvalue weighted by atomic mass is 15.1. The Morgan fingerprint density at radius 2 is 1.00 bits per heavy atom. The van der Waals surface area contributed by atoms with Crippen molar-refractivity contribution in [3.8, 4) is 35.3 Å². The van der Waals surface area contributed by atoms with Gasteiger partial charge in [-0.3, -0.25) is 0 Å². The lowest BCUT2D eigenvalue weighted by atomic mass is 10.0. The van der Waals surface area contributed by atoms with E-state index >= 15 is 0 Å². The van der Waals surface area contributed by atoms with Crippen molar-refractivity contribution in [2.24, 2.45) is 0 Å². The van der Waals surface area contributed by atoms with E-state index in [1.54, 1.807) is 0 Å². The molecule has 0 bridgehead atoms. The van der Waals surface area contributed by atoms with Crippen LogP contribution in [0.25, 0.3) is 11.1 Å². The van der Waals surface area contributed by atoms with E-state index in [1.807, 2.05) is 62.6 Å². The second kappa shape index (κ2) is 7.43. The number of terminal acetylenes is 1. The van der Waals surface area contributed by atoms with Crippen LogP contribution >= 0.6 is 0 Å². The summed E-state index contributed by atoms with van der Waals surface area (Å²) in [5.41, 5.74) is 6.39. The number of hydrogen-bond donors (Lipinski definition) is 0. The smallest absolute Gasteiger partial charge is 0.0361 e. The third-order valence-electron chi connectivity index (χ3n) is 4.00. The molecule has 0 fully saturated rings. The number of benzene rings is 3. The van der Waals surface area contributed by atoms with Gasteiger partial charge in [0.2, 0.25) is 0 Å². The summed E-state index contributed by atoms with van der Waals surface area (Å²) in [5, 5.41) is 0. The maximum absolute atomic E-state index is 5.40. The van der Waals surface area contributed by atoms with Crippen LogP contribution in [0.5, 0.6) is 0 Å². The SMILES string of the molecule is C#Cc1ccc(-c2ccc(C#Cc3ccc(N(C)C)cc3)cc2)cc1. The van der Waals surface area contributed by atoms with Crippen LogP contribution in [-0.4, -0.2) is 14.1 Å². The Hall–Kier alpha value is -3.42. The van der Waals surface area contributed by atoms with E-state index < -0.39 is 0 Å². The quantitative estimate of drug-likeness (QED) is 0.613. The molecule has 1 heteroatoms. The van der Waals surface area contributed by atoms with Gasteiger partial charge >= 0.3 is 0 Å². The molecule has 120 valence electrons. The summed E-state index contributed by atoms with van der Waals surface area (Å²) in [6.45, 7) is 0. The van der Waals surface area contributed by atoms with Gasteiger partial charge < -0.3 is 4.90 Å². The number of anilines is 1. The van der Waals surface area contributed by atoms with Gasteiger partial charge in [0.25, 0.3) is 0 Å². The van der Waals surface area contributed by atoms with E-state index in [4.69, 9.17) is 6.42 Å². The minimum Gasteiger partial charge on any atom is -0.378 e. The zero-order valence-electron chi connectivity index (χ0n) is 14.5. The summed E-state index contributed by atoms with van der Waals surface area (Å²) < 4.78 is 0. The molecule has 0 atom stereocenters. The van der Waals surface area contributed by atoms with Gasteiger partial charge in [-0.2, -0.15) is 0 Å². The summed E-state index contributed by atoms with van der Waals surface area (Å²) in [6.07, 6.45) is 5.40. The minimum absolute atomic E-state index is 0.895. The fourth-order valence-corrected chi connectivity index (χ4v) is 2.49. The van der Waals surface area contributed by atoms with Gasteiger partial charge in [0, 0.05) is 36.5 Å². The van der Waals surface area contributed by atoms with Gasteiger partial charge in [0.1, 0.15) is 0 Å². The van der Waals surface area contributed by atoms with Gasteiger partial charge in [-0.1, -0.05) is 42.0 Å². The molecule has 25 heavy (non-hydrogen) atoms. The standard InChI is InChI=1S/C24H19N/c1-4-19-7-13-22(14-8-19)23-15-9-20(10-16-23)5-6-21-11-17-24(18-12-21)25(2)3/h1,7-18H,2-3H3. The molecule has 1 nitrogen and oxygen atoms in total. The average molecular weight is 321 g/mol. The van der Waals surface area contributed by atoms with Gasteiger partial charge in [-0.15, -0.1) is 6.42 Å². The van der Waals surface area contributed by atoms with Crippen LogP contribution < -0.4 is 4.90 Å². The molecular weight excluding hydrogens is 302 g/mol. The van der Waals surface area contributed by atoms with E-state index in [0.717, 1.165) is 27.8 Å². The normalized spacial score (nSPS) is 9.64. The van der Waals surface area contributed by atoms with Crippen LogP contribution in [0.15, 0.2) is 72.8 Å². The van der Waals surface area contributed by atoms with Gasteiger partial charge in [-0.05, 0) is 59.7 Å². The van der Waals surface area contributed by atoms with Crippen molar-refractivity contribution in [1.82, 2.24) is 0 Å². The molecule has 0 saturated carbocycles. The van der Waals surface area contributed by atoms with Crippen molar-refractivity contribution >= 4 is 5.69 Å². The van der Waals surface area contributed by atoms with Crippen molar-refractivity contribution in [2.45, 2.75) is 0 Å². The van der Waals surface area contributed by atoms with Crippen LogP contribution in [0, 0.1) is 24.2 Å². The first-order valence-electron chi connectivity index (χ1n) is 8.12. The van der Waals surface area contributed by atoms with Crippen LogP contribution in [0.4, 0.5) is 5.69 Å². The third-order valence-corrected chi connectivity index (χ3v) is 4.00. The lowest BCUT2D eigenvalue weighted by Gasteiger charge is -2.11. The van der Waals surface area contributed by atoms with Crippen LogP contribution in [0.2, 0.25) is 0 Å². The van der Waals surface area contributed by atoms with E-state index in [-0.39, 0.29) is 0 Å². The number of nitrogens with zero attached hydrogens (tertiary/aromatic N) is 1. The Bertz CT molecular complexity index is 942. The van der Waals surface area contributed by atoms with Crippen molar-refractivity contribution < 1.29 is 0 Å². The minimum atomic E-state index is 0.895. The Morgan fingerprint density at radius 1 is 0.600 bits per heavy atom. The maximum Gasteiger partial charge on any atom is 0.0361 e. The van der Waals surface area contributed by atoms with Gasteiger partial charge in [-0.25, -0.2) is 0 Å². The summed E-state index contributed by atoms with van der Waals surface area (Å²) in [4.78, 5) is 2.08. The Labute approximate surface area is 149 Å². The second-order valence-electron chi connectivity index (χ2n) is 5.99. The molecule has 0 saturated heterocycles. The molecule has 3 aromatic carbocycles. The van der Waals surface area contributed by atoms with Crippen molar-refractivity contribution in [1.29, 1.82) is 0 Å². The van der Waals surface area contributed by atoms with E-state index in [2.05, 4.69) is 46.9 Å². The Kier molecular flexibility index (Phi) is 4.89. The summed E-state index contributed by atoms with van der Waals surface area (Å²) >= 11 is 0. The number of rotatable bonds is 2. The monoisotopic (exact) mass is 321 g/mol. The molecule has 0 amide bonds. The fourth-order valence-electron chi connectivity index (χ4n) is 2.49. The molecule has 0 aromatic heterocycles. The predicted molar refractivity (Wildman–Crippen MR) is 107 cm³/mol. The molecule has 0 aliphatic heterocycles. The highest BCUT2D eigenvalue weighted by molar-refractivity contribution is 5.65. The zero-order valence-corrected chi connectivity index (χ0v) is 14.5. The fraction of sp³-hybridized carbons (Fsp3) is 0.0833. The first-order chi connectivity index (χ1) is 12.2.